The largest absolute Gasteiger partial charge is 0.346 e. The van der Waals surface area contributed by atoms with Crippen LogP contribution in [0, 0.1) is 0 Å². The van der Waals surface area contributed by atoms with Gasteiger partial charge in [0.25, 0.3) is 5.91 Å². The number of hydrogen-bond acceptors (Lipinski definition) is 2. The van der Waals surface area contributed by atoms with Crippen LogP contribution in [0.2, 0.25) is 0 Å². The van der Waals surface area contributed by atoms with Gasteiger partial charge in [-0.3, -0.25) is 9.78 Å². The fourth-order valence-corrected chi connectivity index (χ4v) is 2.94. The lowest BCUT2D eigenvalue weighted by atomic mass is 9.80. The summed E-state index contributed by atoms with van der Waals surface area (Å²) < 4.78 is 0. The second-order valence-electron chi connectivity index (χ2n) is 5.76. The second-order valence-corrected chi connectivity index (χ2v) is 5.76. The summed E-state index contributed by atoms with van der Waals surface area (Å²) in [5.41, 5.74) is 0.899. The van der Waals surface area contributed by atoms with E-state index < -0.39 is 0 Å². The zero-order chi connectivity index (χ0) is 13.7. The summed E-state index contributed by atoms with van der Waals surface area (Å²) >= 11 is 0. The molecule has 0 bridgehead atoms. The molecule has 0 spiro atoms. The first kappa shape index (κ1) is 14.0. The molecule has 4 heteroatoms. The van der Waals surface area contributed by atoms with Crippen molar-refractivity contribution in [3.8, 4) is 0 Å². The quantitative estimate of drug-likeness (QED) is 0.837. The van der Waals surface area contributed by atoms with Crippen LogP contribution >= 0.6 is 0 Å². The van der Waals surface area contributed by atoms with E-state index in [1.54, 1.807) is 24.5 Å². The summed E-state index contributed by atoms with van der Waals surface area (Å²) in [7, 11) is 4.40. The molecule has 1 fully saturated rings. The molecule has 1 aromatic heterocycles. The maximum atomic E-state index is 12.1. The first-order valence-electron chi connectivity index (χ1n) is 7.13. The lowest BCUT2D eigenvalue weighted by Crippen LogP contribution is -3.16. The number of rotatable bonds is 4. The van der Waals surface area contributed by atoms with Gasteiger partial charge in [-0.25, -0.2) is 0 Å². The summed E-state index contributed by atoms with van der Waals surface area (Å²) in [4.78, 5) is 17.5. The lowest BCUT2D eigenvalue weighted by Gasteiger charge is -2.39. The third-order valence-electron chi connectivity index (χ3n) is 4.40. The van der Waals surface area contributed by atoms with E-state index in [-0.39, 0.29) is 11.4 Å². The van der Waals surface area contributed by atoms with Gasteiger partial charge in [0.15, 0.2) is 0 Å². The van der Waals surface area contributed by atoms with Crippen molar-refractivity contribution >= 4 is 5.91 Å². The van der Waals surface area contributed by atoms with Crippen molar-refractivity contribution in [2.45, 2.75) is 37.6 Å². The predicted molar refractivity (Wildman–Crippen MR) is 75.2 cm³/mol. The van der Waals surface area contributed by atoms with Crippen LogP contribution in [-0.2, 0) is 0 Å². The monoisotopic (exact) mass is 262 g/mol. The Balaban J connectivity index is 1.98. The highest BCUT2D eigenvalue weighted by Gasteiger charge is 2.38. The van der Waals surface area contributed by atoms with E-state index >= 15 is 0 Å². The minimum Gasteiger partial charge on any atom is -0.346 e. The summed E-state index contributed by atoms with van der Waals surface area (Å²) in [5.74, 6) is 0.00796. The molecule has 0 aliphatic heterocycles. The van der Waals surface area contributed by atoms with E-state index in [4.69, 9.17) is 0 Å². The Morgan fingerprint density at radius 2 is 1.89 bits per heavy atom. The maximum Gasteiger partial charge on any atom is 0.251 e. The van der Waals surface area contributed by atoms with Crippen molar-refractivity contribution in [2.24, 2.45) is 0 Å². The first-order valence-corrected chi connectivity index (χ1v) is 7.13. The average molecular weight is 262 g/mol. The van der Waals surface area contributed by atoms with Crippen LogP contribution < -0.4 is 10.2 Å². The van der Waals surface area contributed by atoms with E-state index in [0.29, 0.717) is 5.56 Å². The predicted octanol–water partition coefficient (Wildman–Crippen LogP) is 0.659. The molecule has 0 saturated heterocycles. The molecule has 1 aromatic rings. The number of pyridine rings is 1. The SMILES string of the molecule is C[NH+](C)C1(CNC(=O)c2ccncc2)CCCCC1. The number of carbonyl (C=O) groups is 1. The smallest absolute Gasteiger partial charge is 0.251 e. The van der Waals surface area contributed by atoms with E-state index in [0.717, 1.165) is 6.54 Å². The van der Waals surface area contributed by atoms with Gasteiger partial charge in [-0.1, -0.05) is 6.42 Å². The van der Waals surface area contributed by atoms with Gasteiger partial charge in [0.2, 0.25) is 0 Å². The van der Waals surface area contributed by atoms with Gasteiger partial charge in [-0.05, 0) is 25.0 Å². The molecule has 104 valence electrons. The third kappa shape index (κ3) is 3.32. The molecule has 1 heterocycles. The number of quaternary nitrogens is 1. The molecule has 0 aromatic carbocycles. The van der Waals surface area contributed by atoms with Crippen LogP contribution in [0.1, 0.15) is 42.5 Å². The van der Waals surface area contributed by atoms with Crippen molar-refractivity contribution in [3.05, 3.63) is 30.1 Å². The van der Waals surface area contributed by atoms with Crippen molar-refractivity contribution in [2.75, 3.05) is 20.6 Å². The van der Waals surface area contributed by atoms with Gasteiger partial charge in [0, 0.05) is 30.8 Å². The van der Waals surface area contributed by atoms with Gasteiger partial charge in [0.05, 0.1) is 20.6 Å². The molecule has 19 heavy (non-hydrogen) atoms. The summed E-state index contributed by atoms with van der Waals surface area (Å²) in [6.07, 6.45) is 9.59. The second kappa shape index (κ2) is 6.15. The first-order chi connectivity index (χ1) is 9.14. The van der Waals surface area contributed by atoms with Crippen LogP contribution in [0.4, 0.5) is 0 Å². The molecule has 2 rings (SSSR count). The van der Waals surface area contributed by atoms with E-state index in [1.165, 1.54) is 37.0 Å². The van der Waals surface area contributed by atoms with Crippen molar-refractivity contribution in [3.63, 3.8) is 0 Å². The van der Waals surface area contributed by atoms with Crippen LogP contribution in [0.5, 0.6) is 0 Å². The Kier molecular flexibility index (Phi) is 4.53. The number of hydrogen-bond donors (Lipinski definition) is 2. The van der Waals surface area contributed by atoms with Crippen molar-refractivity contribution in [1.29, 1.82) is 0 Å². The Bertz CT molecular complexity index is 411. The highest BCUT2D eigenvalue weighted by molar-refractivity contribution is 5.93. The number of nitrogens with one attached hydrogen (secondary N) is 2. The molecule has 1 aliphatic rings. The summed E-state index contributed by atoms with van der Waals surface area (Å²) in [6, 6.07) is 3.51. The Hall–Kier alpha value is -1.42. The Labute approximate surface area is 115 Å². The molecule has 0 unspecified atom stereocenters. The van der Waals surface area contributed by atoms with Crippen molar-refractivity contribution < 1.29 is 9.69 Å². The van der Waals surface area contributed by atoms with Crippen LogP contribution in [0.15, 0.2) is 24.5 Å². The number of amides is 1. The minimum atomic E-state index is 0.00796. The minimum absolute atomic E-state index is 0.00796. The molecule has 0 atom stereocenters. The Morgan fingerprint density at radius 3 is 2.47 bits per heavy atom. The molecule has 4 nitrogen and oxygen atoms in total. The number of likely N-dealkylation sites (N-methyl/N-ethyl adjacent to an activating group) is 1. The normalized spacial score (nSPS) is 18.3. The molecule has 1 aliphatic carbocycles. The van der Waals surface area contributed by atoms with Crippen molar-refractivity contribution in [1.82, 2.24) is 10.3 Å². The van der Waals surface area contributed by atoms with Gasteiger partial charge in [-0.2, -0.15) is 0 Å². The standard InChI is InChI=1S/C15H23N3O/c1-18(2)15(8-4-3-5-9-15)12-17-14(19)13-6-10-16-11-7-13/h6-7,10-11H,3-5,8-9,12H2,1-2H3,(H,17,19)/p+1. The van der Waals surface area contributed by atoms with E-state index in [1.807, 2.05) is 0 Å². The maximum absolute atomic E-state index is 12.1. The molecule has 0 radical (unpaired) electrons. The summed E-state index contributed by atoms with van der Waals surface area (Å²) in [5, 5.41) is 3.10. The number of aromatic nitrogens is 1. The van der Waals surface area contributed by atoms with Gasteiger partial charge >= 0.3 is 0 Å². The van der Waals surface area contributed by atoms with Gasteiger partial charge < -0.3 is 10.2 Å². The number of carbonyl (C=O) groups excluding carboxylic acids is 1. The number of nitrogens with zero attached hydrogens (tertiary/aromatic N) is 1. The highest BCUT2D eigenvalue weighted by Crippen LogP contribution is 2.24. The fourth-order valence-electron chi connectivity index (χ4n) is 2.94. The highest BCUT2D eigenvalue weighted by atomic mass is 16.1. The molecule has 2 N–H and O–H groups in total. The molecule has 1 saturated carbocycles. The summed E-state index contributed by atoms with van der Waals surface area (Å²) in [6.45, 7) is 0.760. The molecular formula is C15H24N3O+. The van der Waals surface area contributed by atoms with Crippen LogP contribution in [0.3, 0.4) is 0 Å². The van der Waals surface area contributed by atoms with Crippen LogP contribution in [0.25, 0.3) is 0 Å². The average Bonchev–Trinajstić information content (AvgIpc) is 2.46. The Morgan fingerprint density at radius 1 is 1.26 bits per heavy atom. The molecule has 1 amide bonds. The topological polar surface area (TPSA) is 46.4 Å². The zero-order valence-electron chi connectivity index (χ0n) is 11.9. The molecular weight excluding hydrogens is 238 g/mol. The van der Waals surface area contributed by atoms with Gasteiger partial charge in [0.1, 0.15) is 5.54 Å². The lowest BCUT2D eigenvalue weighted by molar-refractivity contribution is -0.916. The zero-order valence-corrected chi connectivity index (χ0v) is 11.9. The fraction of sp³-hybridized carbons (Fsp3) is 0.600. The van der Waals surface area contributed by atoms with Crippen LogP contribution in [-0.4, -0.2) is 37.1 Å². The third-order valence-corrected chi connectivity index (χ3v) is 4.40. The van der Waals surface area contributed by atoms with Gasteiger partial charge in [-0.15, -0.1) is 0 Å². The van der Waals surface area contributed by atoms with E-state index in [9.17, 15) is 4.79 Å². The van der Waals surface area contributed by atoms with E-state index in [2.05, 4.69) is 24.4 Å².